The maximum absolute atomic E-state index is 14.0. The van der Waals surface area contributed by atoms with Crippen molar-refractivity contribution < 1.29 is 23.1 Å². The molecule has 2 aromatic carbocycles. The van der Waals surface area contributed by atoms with Crippen LogP contribution in [-0.2, 0) is 20.9 Å². The van der Waals surface area contributed by atoms with Gasteiger partial charge in [-0.25, -0.2) is 8.78 Å². The lowest BCUT2D eigenvalue weighted by molar-refractivity contribution is -0.150. The van der Waals surface area contributed by atoms with Gasteiger partial charge in [-0.15, -0.1) is 0 Å². The van der Waals surface area contributed by atoms with E-state index in [1.54, 1.807) is 0 Å². The Balaban J connectivity index is 1.75. The number of Topliss-reactive ketones (excluding diaryl/α,β-unsaturated/α-hetero) is 1. The fourth-order valence-corrected chi connectivity index (χ4v) is 3.07. The van der Waals surface area contributed by atoms with Gasteiger partial charge in [0.1, 0.15) is 24.0 Å². The highest BCUT2D eigenvalue weighted by Crippen LogP contribution is 2.39. The molecule has 1 saturated carbocycles. The molecule has 24 heavy (non-hydrogen) atoms. The topological polar surface area (TPSA) is 43.4 Å². The van der Waals surface area contributed by atoms with Crippen LogP contribution in [0.1, 0.15) is 29.9 Å². The van der Waals surface area contributed by atoms with Crippen molar-refractivity contribution in [2.75, 3.05) is 0 Å². The predicted molar refractivity (Wildman–Crippen MR) is 83.1 cm³/mol. The van der Waals surface area contributed by atoms with E-state index in [1.807, 2.05) is 30.3 Å². The first-order valence-corrected chi connectivity index (χ1v) is 7.72. The molecule has 3 nitrogen and oxygen atoms in total. The second-order valence-electron chi connectivity index (χ2n) is 5.92. The minimum atomic E-state index is -0.740. The molecule has 0 amide bonds. The fraction of sp³-hybridized carbons (Fsp3) is 0.263. The molecule has 0 aromatic heterocycles. The molecule has 5 heteroatoms. The molecule has 2 atom stereocenters. The summed E-state index contributed by atoms with van der Waals surface area (Å²) in [6.45, 7) is 0.100. The van der Waals surface area contributed by atoms with Crippen molar-refractivity contribution in [3.8, 4) is 0 Å². The van der Waals surface area contributed by atoms with Gasteiger partial charge in [0.2, 0.25) is 0 Å². The maximum Gasteiger partial charge on any atom is 0.310 e. The third-order valence-electron chi connectivity index (χ3n) is 4.27. The standard InChI is InChI=1S/C19H16F2O3/c20-13-6-7-15(18(21)8-13)16-9-14(22)10-17(16)19(23)24-11-12-4-2-1-3-5-12/h1-8,16-17H,9-11H2/t16-,17+/m0/s1. The van der Waals surface area contributed by atoms with Gasteiger partial charge in [-0.05, 0) is 17.2 Å². The molecule has 0 heterocycles. The van der Waals surface area contributed by atoms with Gasteiger partial charge < -0.3 is 4.74 Å². The summed E-state index contributed by atoms with van der Waals surface area (Å²) in [4.78, 5) is 24.1. The second kappa shape index (κ2) is 6.91. The van der Waals surface area contributed by atoms with Crippen molar-refractivity contribution >= 4 is 11.8 Å². The molecule has 1 aliphatic rings. The summed E-state index contributed by atoms with van der Waals surface area (Å²) in [5.74, 6) is -3.43. The molecule has 2 aromatic rings. The molecule has 0 N–H and O–H groups in total. The average Bonchev–Trinajstić information content (AvgIpc) is 2.95. The van der Waals surface area contributed by atoms with Crippen LogP contribution >= 0.6 is 0 Å². The van der Waals surface area contributed by atoms with Crippen LogP contribution in [-0.4, -0.2) is 11.8 Å². The summed E-state index contributed by atoms with van der Waals surface area (Å²) in [6, 6.07) is 12.4. The van der Waals surface area contributed by atoms with Gasteiger partial charge in [-0.3, -0.25) is 9.59 Å². The zero-order valence-corrected chi connectivity index (χ0v) is 12.9. The molecule has 3 rings (SSSR count). The molecular formula is C19H16F2O3. The van der Waals surface area contributed by atoms with E-state index in [1.165, 1.54) is 6.07 Å². The fourth-order valence-electron chi connectivity index (χ4n) is 3.07. The molecule has 0 aliphatic heterocycles. The van der Waals surface area contributed by atoms with Crippen LogP contribution in [0, 0.1) is 17.6 Å². The summed E-state index contributed by atoms with van der Waals surface area (Å²) in [5.41, 5.74) is 1.02. The number of carbonyl (C=O) groups excluding carboxylic acids is 2. The minimum Gasteiger partial charge on any atom is -0.461 e. The van der Waals surface area contributed by atoms with E-state index in [2.05, 4.69) is 0 Å². The number of carbonyl (C=O) groups is 2. The smallest absolute Gasteiger partial charge is 0.310 e. The zero-order chi connectivity index (χ0) is 17.1. The summed E-state index contributed by atoms with van der Waals surface area (Å²) >= 11 is 0. The first kappa shape index (κ1) is 16.3. The maximum atomic E-state index is 14.0. The number of rotatable bonds is 4. The van der Waals surface area contributed by atoms with Gasteiger partial charge in [0.25, 0.3) is 0 Å². The summed E-state index contributed by atoms with van der Waals surface area (Å²) in [7, 11) is 0. The number of benzene rings is 2. The lowest BCUT2D eigenvalue weighted by atomic mass is 9.88. The number of ketones is 1. The van der Waals surface area contributed by atoms with Gasteiger partial charge >= 0.3 is 5.97 Å². The third-order valence-corrected chi connectivity index (χ3v) is 4.27. The second-order valence-corrected chi connectivity index (χ2v) is 5.92. The first-order chi connectivity index (χ1) is 11.5. The molecule has 0 saturated heterocycles. The highest BCUT2D eigenvalue weighted by atomic mass is 19.1. The first-order valence-electron chi connectivity index (χ1n) is 7.72. The largest absolute Gasteiger partial charge is 0.461 e. The lowest BCUT2D eigenvalue weighted by Gasteiger charge is -2.18. The molecule has 1 fully saturated rings. The highest BCUT2D eigenvalue weighted by molar-refractivity contribution is 5.89. The molecule has 0 unspecified atom stereocenters. The predicted octanol–water partition coefficient (Wildman–Crippen LogP) is 3.77. The van der Waals surface area contributed by atoms with E-state index >= 15 is 0 Å². The van der Waals surface area contributed by atoms with Crippen molar-refractivity contribution in [1.82, 2.24) is 0 Å². The van der Waals surface area contributed by atoms with Gasteiger partial charge in [0.15, 0.2) is 0 Å². The minimum absolute atomic E-state index is 0.0229. The quantitative estimate of drug-likeness (QED) is 0.802. The number of esters is 1. The van der Waals surface area contributed by atoms with E-state index in [0.717, 1.165) is 17.7 Å². The van der Waals surface area contributed by atoms with Crippen LogP contribution < -0.4 is 0 Å². The van der Waals surface area contributed by atoms with Gasteiger partial charge in [-0.1, -0.05) is 36.4 Å². The monoisotopic (exact) mass is 330 g/mol. The van der Waals surface area contributed by atoms with Crippen LogP contribution in [0.5, 0.6) is 0 Å². The van der Waals surface area contributed by atoms with Crippen LogP contribution in [0.3, 0.4) is 0 Å². The van der Waals surface area contributed by atoms with E-state index in [9.17, 15) is 18.4 Å². The van der Waals surface area contributed by atoms with Gasteiger partial charge in [0, 0.05) is 24.8 Å². The van der Waals surface area contributed by atoms with Crippen molar-refractivity contribution in [1.29, 1.82) is 0 Å². The Labute approximate surface area is 138 Å². The Bertz CT molecular complexity index is 758. The van der Waals surface area contributed by atoms with E-state index < -0.39 is 29.4 Å². The normalized spacial score (nSPS) is 20.2. The zero-order valence-electron chi connectivity index (χ0n) is 12.9. The Kier molecular flexibility index (Phi) is 4.69. The molecule has 1 aliphatic carbocycles. The molecule has 0 spiro atoms. The molecule has 0 radical (unpaired) electrons. The van der Waals surface area contributed by atoms with E-state index in [4.69, 9.17) is 4.74 Å². The van der Waals surface area contributed by atoms with Crippen molar-refractivity contribution in [2.24, 2.45) is 5.92 Å². The summed E-state index contributed by atoms with van der Waals surface area (Å²) in [5, 5.41) is 0. The Morgan fingerprint density at radius 2 is 1.83 bits per heavy atom. The Morgan fingerprint density at radius 3 is 2.54 bits per heavy atom. The van der Waals surface area contributed by atoms with Crippen molar-refractivity contribution in [2.45, 2.75) is 25.4 Å². The molecule has 0 bridgehead atoms. The average molecular weight is 330 g/mol. The van der Waals surface area contributed by atoms with Gasteiger partial charge in [-0.2, -0.15) is 0 Å². The van der Waals surface area contributed by atoms with Crippen LogP contribution in [0.2, 0.25) is 0 Å². The van der Waals surface area contributed by atoms with Crippen LogP contribution in [0.15, 0.2) is 48.5 Å². The van der Waals surface area contributed by atoms with E-state index in [0.29, 0.717) is 0 Å². The molecule has 124 valence electrons. The SMILES string of the molecule is O=C1C[C@@H](C(=O)OCc2ccccc2)[C@H](c2ccc(F)cc2F)C1. The Morgan fingerprint density at radius 1 is 1.08 bits per heavy atom. The van der Waals surface area contributed by atoms with Crippen LogP contribution in [0.4, 0.5) is 8.78 Å². The summed E-state index contributed by atoms with van der Waals surface area (Å²) < 4.78 is 32.4. The van der Waals surface area contributed by atoms with Crippen molar-refractivity contribution in [3.05, 3.63) is 71.3 Å². The summed E-state index contributed by atoms with van der Waals surface area (Å²) in [6.07, 6.45) is 0.0861. The Hall–Kier alpha value is -2.56. The highest BCUT2D eigenvalue weighted by Gasteiger charge is 2.41. The third kappa shape index (κ3) is 3.50. The lowest BCUT2D eigenvalue weighted by Crippen LogP contribution is -2.21. The number of ether oxygens (including phenoxy) is 1. The van der Waals surface area contributed by atoms with Crippen LogP contribution in [0.25, 0.3) is 0 Å². The van der Waals surface area contributed by atoms with E-state index in [-0.39, 0.29) is 30.8 Å². The van der Waals surface area contributed by atoms with Crippen molar-refractivity contribution in [3.63, 3.8) is 0 Å². The number of hydrogen-bond donors (Lipinski definition) is 0. The number of halogens is 2. The molecular weight excluding hydrogens is 314 g/mol. The number of hydrogen-bond acceptors (Lipinski definition) is 3. The van der Waals surface area contributed by atoms with Gasteiger partial charge in [0.05, 0.1) is 5.92 Å².